The highest BCUT2D eigenvalue weighted by atomic mass is 35.5. The fourth-order valence-corrected chi connectivity index (χ4v) is 4.98. The molecule has 0 radical (unpaired) electrons. The number of anilines is 1. The van der Waals surface area contributed by atoms with E-state index in [1.165, 1.54) is 16.4 Å². The van der Waals surface area contributed by atoms with Crippen LogP contribution in [0.2, 0.25) is 10.0 Å². The van der Waals surface area contributed by atoms with Gasteiger partial charge in [0, 0.05) is 28.8 Å². The summed E-state index contributed by atoms with van der Waals surface area (Å²) in [6, 6.07) is 10.8. The number of benzene rings is 2. The van der Waals surface area contributed by atoms with Gasteiger partial charge in [0.1, 0.15) is 5.75 Å². The molecule has 1 N–H and O–H groups in total. The number of halogens is 2. The Morgan fingerprint density at radius 3 is 2.21 bits per heavy atom. The lowest BCUT2D eigenvalue weighted by molar-refractivity contribution is -0.118. The summed E-state index contributed by atoms with van der Waals surface area (Å²) in [5.41, 5.74) is 0.467. The van der Waals surface area contributed by atoms with Gasteiger partial charge in [0.15, 0.2) is 6.61 Å². The number of piperidine rings is 1. The first kappa shape index (κ1) is 20.9. The number of carbonyl (C=O) groups excluding carboxylic acids is 1. The highest BCUT2D eigenvalue weighted by molar-refractivity contribution is 7.89. The maximum atomic E-state index is 12.6. The number of hydrogen-bond donors (Lipinski definition) is 1. The number of hydrogen-bond acceptors (Lipinski definition) is 4. The molecule has 1 aliphatic rings. The second-order valence-electron chi connectivity index (χ2n) is 6.43. The van der Waals surface area contributed by atoms with Crippen LogP contribution < -0.4 is 10.1 Å². The average Bonchev–Trinajstić information content (AvgIpc) is 2.66. The Bertz CT molecular complexity index is 923. The van der Waals surface area contributed by atoms with E-state index in [9.17, 15) is 13.2 Å². The van der Waals surface area contributed by atoms with Gasteiger partial charge in [-0.25, -0.2) is 8.42 Å². The summed E-state index contributed by atoms with van der Waals surface area (Å²) < 4.78 is 32.2. The van der Waals surface area contributed by atoms with E-state index < -0.39 is 10.0 Å². The largest absolute Gasteiger partial charge is 0.484 e. The van der Waals surface area contributed by atoms with Gasteiger partial charge in [0.25, 0.3) is 5.91 Å². The van der Waals surface area contributed by atoms with Gasteiger partial charge in [-0.2, -0.15) is 4.31 Å². The molecule has 0 aliphatic carbocycles. The predicted molar refractivity (Wildman–Crippen MR) is 110 cm³/mol. The normalized spacial score (nSPS) is 15.2. The molecular formula is C19H20Cl2N2O4S. The van der Waals surface area contributed by atoms with Crippen LogP contribution >= 0.6 is 23.2 Å². The van der Waals surface area contributed by atoms with Gasteiger partial charge in [-0.05, 0) is 55.3 Å². The highest BCUT2D eigenvalue weighted by Gasteiger charge is 2.25. The van der Waals surface area contributed by atoms with Crippen LogP contribution in [0.25, 0.3) is 0 Å². The Kier molecular flexibility index (Phi) is 6.82. The minimum Gasteiger partial charge on any atom is -0.484 e. The third-order valence-corrected chi connectivity index (χ3v) is 6.64. The molecule has 2 aromatic carbocycles. The lowest BCUT2D eigenvalue weighted by atomic mass is 10.2. The first-order chi connectivity index (χ1) is 13.3. The molecular weight excluding hydrogens is 423 g/mol. The van der Waals surface area contributed by atoms with E-state index in [4.69, 9.17) is 27.9 Å². The van der Waals surface area contributed by atoms with Gasteiger partial charge in [0.05, 0.1) is 4.90 Å². The molecule has 2 aromatic rings. The van der Waals surface area contributed by atoms with E-state index in [1.807, 2.05) is 0 Å². The molecule has 1 fully saturated rings. The van der Waals surface area contributed by atoms with Crippen LogP contribution in [0.5, 0.6) is 5.75 Å². The summed E-state index contributed by atoms with van der Waals surface area (Å²) in [7, 11) is -3.49. The Labute approximate surface area is 174 Å². The molecule has 28 heavy (non-hydrogen) atoms. The first-order valence-corrected chi connectivity index (χ1v) is 11.0. The van der Waals surface area contributed by atoms with Crippen molar-refractivity contribution in [2.24, 2.45) is 0 Å². The van der Waals surface area contributed by atoms with E-state index >= 15 is 0 Å². The summed E-state index contributed by atoms with van der Waals surface area (Å²) in [6.45, 7) is 0.866. The van der Waals surface area contributed by atoms with E-state index in [-0.39, 0.29) is 17.4 Å². The van der Waals surface area contributed by atoms with Crippen molar-refractivity contribution in [1.29, 1.82) is 0 Å². The fraction of sp³-hybridized carbons (Fsp3) is 0.316. The molecule has 0 saturated carbocycles. The van der Waals surface area contributed by atoms with Crippen molar-refractivity contribution in [3.8, 4) is 5.75 Å². The smallest absolute Gasteiger partial charge is 0.262 e. The monoisotopic (exact) mass is 442 g/mol. The standard InChI is InChI=1S/C19H20Cl2N2O4S/c20-14-10-15(21)12-16(11-14)22-19(24)13-27-17-4-6-18(7-5-17)28(25,26)23-8-2-1-3-9-23/h4-7,10-12H,1-3,8-9,13H2,(H,22,24). The van der Waals surface area contributed by atoms with Crippen molar-refractivity contribution in [3.63, 3.8) is 0 Å². The molecule has 1 amide bonds. The number of nitrogens with one attached hydrogen (secondary N) is 1. The van der Waals surface area contributed by atoms with Crippen molar-refractivity contribution < 1.29 is 17.9 Å². The molecule has 1 aliphatic heterocycles. The van der Waals surface area contributed by atoms with Gasteiger partial charge >= 0.3 is 0 Å². The highest BCUT2D eigenvalue weighted by Crippen LogP contribution is 2.24. The Balaban J connectivity index is 1.57. The SMILES string of the molecule is O=C(COc1ccc(S(=O)(=O)N2CCCCC2)cc1)Nc1cc(Cl)cc(Cl)c1. The third kappa shape index (κ3) is 5.38. The zero-order valence-corrected chi connectivity index (χ0v) is 17.4. The predicted octanol–water partition coefficient (Wildman–Crippen LogP) is 4.19. The van der Waals surface area contributed by atoms with Gasteiger partial charge in [-0.15, -0.1) is 0 Å². The third-order valence-electron chi connectivity index (χ3n) is 4.29. The molecule has 0 atom stereocenters. The molecule has 1 saturated heterocycles. The van der Waals surface area contributed by atoms with E-state index in [0.717, 1.165) is 19.3 Å². The summed E-state index contributed by atoms with van der Waals surface area (Å²) in [5, 5.41) is 3.46. The van der Waals surface area contributed by atoms with Crippen molar-refractivity contribution in [2.75, 3.05) is 25.0 Å². The molecule has 0 spiro atoms. The number of amides is 1. The van der Waals surface area contributed by atoms with Crippen molar-refractivity contribution >= 4 is 44.8 Å². The first-order valence-electron chi connectivity index (χ1n) is 8.83. The number of carbonyl (C=O) groups is 1. The van der Waals surface area contributed by atoms with Gasteiger partial charge in [0.2, 0.25) is 10.0 Å². The quantitative estimate of drug-likeness (QED) is 0.727. The zero-order valence-electron chi connectivity index (χ0n) is 15.0. The van der Waals surface area contributed by atoms with Crippen LogP contribution in [-0.4, -0.2) is 38.3 Å². The second kappa shape index (κ2) is 9.13. The number of rotatable bonds is 6. The van der Waals surface area contributed by atoms with E-state index in [0.29, 0.717) is 34.6 Å². The molecule has 3 rings (SSSR count). The van der Waals surface area contributed by atoms with E-state index in [2.05, 4.69) is 5.32 Å². The summed E-state index contributed by atoms with van der Waals surface area (Å²) in [5.74, 6) is 0.0141. The molecule has 6 nitrogen and oxygen atoms in total. The molecule has 0 unspecified atom stereocenters. The second-order valence-corrected chi connectivity index (χ2v) is 9.24. The lowest BCUT2D eigenvalue weighted by Crippen LogP contribution is -2.35. The minimum absolute atomic E-state index is 0.222. The molecule has 1 heterocycles. The van der Waals surface area contributed by atoms with Gasteiger partial charge in [-0.3, -0.25) is 4.79 Å². The topological polar surface area (TPSA) is 75.7 Å². The van der Waals surface area contributed by atoms with Crippen molar-refractivity contribution in [2.45, 2.75) is 24.2 Å². The van der Waals surface area contributed by atoms with Crippen LogP contribution in [0.15, 0.2) is 47.4 Å². The molecule has 150 valence electrons. The molecule has 0 aromatic heterocycles. The Morgan fingerprint density at radius 2 is 1.61 bits per heavy atom. The summed E-state index contributed by atoms with van der Waals surface area (Å²) in [6.07, 6.45) is 2.82. The van der Waals surface area contributed by atoms with Crippen LogP contribution in [0, 0.1) is 0 Å². The number of sulfonamides is 1. The summed E-state index contributed by atoms with van der Waals surface area (Å²) >= 11 is 11.8. The molecule has 0 bridgehead atoms. The maximum absolute atomic E-state index is 12.6. The Hall–Kier alpha value is -1.80. The number of ether oxygens (including phenoxy) is 1. The number of nitrogens with zero attached hydrogens (tertiary/aromatic N) is 1. The van der Waals surface area contributed by atoms with Crippen LogP contribution in [0.3, 0.4) is 0 Å². The van der Waals surface area contributed by atoms with Crippen LogP contribution in [0.4, 0.5) is 5.69 Å². The molecule has 9 heteroatoms. The van der Waals surface area contributed by atoms with E-state index in [1.54, 1.807) is 30.3 Å². The zero-order chi connectivity index (χ0) is 20.1. The van der Waals surface area contributed by atoms with Crippen LogP contribution in [-0.2, 0) is 14.8 Å². The van der Waals surface area contributed by atoms with Gasteiger partial charge in [-0.1, -0.05) is 29.6 Å². The van der Waals surface area contributed by atoms with Crippen molar-refractivity contribution in [3.05, 3.63) is 52.5 Å². The summed E-state index contributed by atoms with van der Waals surface area (Å²) in [4.78, 5) is 12.2. The van der Waals surface area contributed by atoms with Crippen LogP contribution in [0.1, 0.15) is 19.3 Å². The van der Waals surface area contributed by atoms with Gasteiger partial charge < -0.3 is 10.1 Å². The average molecular weight is 443 g/mol. The maximum Gasteiger partial charge on any atom is 0.262 e. The Morgan fingerprint density at radius 1 is 1.00 bits per heavy atom. The van der Waals surface area contributed by atoms with Crippen molar-refractivity contribution in [1.82, 2.24) is 4.31 Å². The lowest BCUT2D eigenvalue weighted by Gasteiger charge is -2.25. The fourth-order valence-electron chi connectivity index (χ4n) is 2.93. The minimum atomic E-state index is -3.49.